The summed E-state index contributed by atoms with van der Waals surface area (Å²) in [5, 5.41) is 9.02. The summed E-state index contributed by atoms with van der Waals surface area (Å²) in [6.45, 7) is 3.90. The van der Waals surface area contributed by atoms with E-state index >= 15 is 0 Å². The number of nitrogens with zero attached hydrogens (tertiary/aromatic N) is 2. The van der Waals surface area contributed by atoms with E-state index in [4.69, 9.17) is 5.11 Å². The number of carboxylic acid groups (broad SMARTS) is 1. The molecule has 1 atom stereocenters. The van der Waals surface area contributed by atoms with Gasteiger partial charge in [-0.05, 0) is 12.8 Å². The fourth-order valence-corrected chi connectivity index (χ4v) is 3.34. The third kappa shape index (κ3) is 2.78. The molecule has 2 aliphatic rings. The van der Waals surface area contributed by atoms with Gasteiger partial charge in [0.15, 0.2) is 0 Å². The summed E-state index contributed by atoms with van der Waals surface area (Å²) in [7, 11) is 0. The molecule has 0 aromatic carbocycles. The van der Waals surface area contributed by atoms with Gasteiger partial charge in [0.05, 0.1) is 0 Å². The molecule has 2 fully saturated rings. The van der Waals surface area contributed by atoms with Crippen LogP contribution in [0.5, 0.6) is 0 Å². The minimum atomic E-state index is -0.746. The van der Waals surface area contributed by atoms with Crippen molar-refractivity contribution in [2.75, 3.05) is 37.7 Å². The van der Waals surface area contributed by atoms with Crippen molar-refractivity contribution in [1.29, 1.82) is 0 Å². The zero-order valence-corrected chi connectivity index (χ0v) is 9.71. The highest BCUT2D eigenvalue weighted by Crippen LogP contribution is 2.19. The molecule has 5 heteroatoms. The van der Waals surface area contributed by atoms with E-state index in [1.165, 1.54) is 11.5 Å². The van der Waals surface area contributed by atoms with Crippen LogP contribution in [0, 0.1) is 0 Å². The molecule has 2 rings (SSSR count). The second kappa shape index (κ2) is 5.07. The molecule has 0 aliphatic carbocycles. The fourth-order valence-electron chi connectivity index (χ4n) is 2.36. The first kappa shape index (κ1) is 11.1. The lowest BCUT2D eigenvalue weighted by Crippen LogP contribution is -2.45. The second-order valence-electron chi connectivity index (χ2n) is 4.19. The number of hydrogen-bond donors (Lipinski definition) is 1. The van der Waals surface area contributed by atoms with Crippen LogP contribution in [0.3, 0.4) is 0 Å². The number of amides is 1. The normalized spacial score (nSPS) is 28.3. The van der Waals surface area contributed by atoms with E-state index in [1.807, 2.05) is 11.8 Å². The van der Waals surface area contributed by atoms with E-state index in [-0.39, 0.29) is 6.04 Å². The minimum Gasteiger partial charge on any atom is -0.465 e. The van der Waals surface area contributed by atoms with E-state index in [0.29, 0.717) is 0 Å². The number of likely N-dealkylation sites (tertiary alicyclic amines) is 1. The zero-order valence-electron chi connectivity index (χ0n) is 8.89. The summed E-state index contributed by atoms with van der Waals surface area (Å²) in [4.78, 5) is 15.0. The lowest BCUT2D eigenvalue weighted by molar-refractivity contribution is 0.127. The van der Waals surface area contributed by atoms with Gasteiger partial charge < -0.3 is 10.0 Å². The Hall–Kier alpha value is -0.420. The third-order valence-electron chi connectivity index (χ3n) is 3.20. The lowest BCUT2D eigenvalue weighted by Gasteiger charge is -2.31. The molecule has 4 nitrogen and oxygen atoms in total. The van der Waals surface area contributed by atoms with Crippen molar-refractivity contribution >= 4 is 17.9 Å². The minimum absolute atomic E-state index is 0.241. The molecule has 2 saturated heterocycles. The lowest BCUT2D eigenvalue weighted by atomic mass is 10.2. The Bertz CT molecular complexity index is 231. The predicted molar refractivity (Wildman–Crippen MR) is 61.5 cm³/mol. The molecule has 0 spiro atoms. The molecule has 0 aromatic rings. The van der Waals surface area contributed by atoms with Crippen molar-refractivity contribution < 1.29 is 9.90 Å². The monoisotopic (exact) mass is 230 g/mol. The molecule has 15 heavy (non-hydrogen) atoms. The first-order valence-electron chi connectivity index (χ1n) is 5.57. The Balaban J connectivity index is 1.84. The van der Waals surface area contributed by atoms with Gasteiger partial charge in [-0.15, -0.1) is 0 Å². The summed E-state index contributed by atoms with van der Waals surface area (Å²) >= 11 is 1.99. The molecule has 2 aliphatic heterocycles. The maximum Gasteiger partial charge on any atom is 0.407 e. The van der Waals surface area contributed by atoms with Crippen LogP contribution in [0.1, 0.15) is 12.8 Å². The molecule has 0 radical (unpaired) electrons. The summed E-state index contributed by atoms with van der Waals surface area (Å²) in [6, 6.07) is 0.241. The Labute approximate surface area is 94.6 Å². The number of carbonyl (C=O) groups is 1. The average Bonchev–Trinajstić information content (AvgIpc) is 2.67. The van der Waals surface area contributed by atoms with Gasteiger partial charge in [0.1, 0.15) is 0 Å². The Morgan fingerprint density at radius 1 is 1.33 bits per heavy atom. The van der Waals surface area contributed by atoms with Crippen molar-refractivity contribution in [1.82, 2.24) is 9.80 Å². The van der Waals surface area contributed by atoms with Crippen molar-refractivity contribution in [3.63, 3.8) is 0 Å². The number of rotatable bonds is 2. The van der Waals surface area contributed by atoms with Gasteiger partial charge in [-0.2, -0.15) is 11.8 Å². The summed E-state index contributed by atoms with van der Waals surface area (Å²) in [5.41, 5.74) is 0. The van der Waals surface area contributed by atoms with Crippen molar-refractivity contribution in [2.45, 2.75) is 18.9 Å². The van der Waals surface area contributed by atoms with Gasteiger partial charge in [0, 0.05) is 43.7 Å². The molecule has 0 saturated carbocycles. The van der Waals surface area contributed by atoms with Crippen LogP contribution >= 0.6 is 11.8 Å². The maximum atomic E-state index is 11.0. The van der Waals surface area contributed by atoms with Gasteiger partial charge in [0.2, 0.25) is 0 Å². The van der Waals surface area contributed by atoms with Crippen LogP contribution in [0.2, 0.25) is 0 Å². The van der Waals surface area contributed by atoms with E-state index in [2.05, 4.69) is 4.90 Å². The van der Waals surface area contributed by atoms with Crippen molar-refractivity contribution in [3.05, 3.63) is 0 Å². The smallest absolute Gasteiger partial charge is 0.407 e. The summed E-state index contributed by atoms with van der Waals surface area (Å²) in [5.74, 6) is 2.39. The molecular formula is C10H18N2O2S. The van der Waals surface area contributed by atoms with E-state index < -0.39 is 6.09 Å². The Morgan fingerprint density at radius 2 is 2.07 bits per heavy atom. The molecule has 1 unspecified atom stereocenters. The van der Waals surface area contributed by atoms with Gasteiger partial charge in [-0.3, -0.25) is 4.90 Å². The Morgan fingerprint density at radius 3 is 2.73 bits per heavy atom. The second-order valence-corrected chi connectivity index (χ2v) is 5.41. The molecule has 0 bridgehead atoms. The Kier molecular flexibility index (Phi) is 3.75. The SMILES string of the molecule is O=C(O)N1CCCC1CN1CCSCC1. The van der Waals surface area contributed by atoms with Crippen LogP contribution in [0.4, 0.5) is 4.79 Å². The molecule has 2 heterocycles. The number of hydrogen-bond acceptors (Lipinski definition) is 3. The topological polar surface area (TPSA) is 43.8 Å². The van der Waals surface area contributed by atoms with E-state index in [1.54, 1.807) is 4.90 Å². The number of thioether (sulfide) groups is 1. The van der Waals surface area contributed by atoms with Crippen LogP contribution in [0.25, 0.3) is 0 Å². The zero-order chi connectivity index (χ0) is 10.7. The average molecular weight is 230 g/mol. The summed E-state index contributed by atoms with van der Waals surface area (Å²) < 4.78 is 0. The highest BCUT2D eigenvalue weighted by atomic mass is 32.2. The maximum absolute atomic E-state index is 11.0. The van der Waals surface area contributed by atoms with Gasteiger partial charge in [-0.1, -0.05) is 0 Å². The standard InChI is InChI=1S/C10H18N2O2S/c13-10(14)12-3-1-2-9(12)8-11-4-6-15-7-5-11/h9H,1-8H2,(H,13,14). The summed E-state index contributed by atoms with van der Waals surface area (Å²) in [6.07, 6.45) is 1.32. The highest BCUT2D eigenvalue weighted by molar-refractivity contribution is 7.99. The fraction of sp³-hybridized carbons (Fsp3) is 0.900. The molecule has 0 aromatic heterocycles. The van der Waals surface area contributed by atoms with Crippen LogP contribution < -0.4 is 0 Å². The van der Waals surface area contributed by atoms with Crippen LogP contribution in [-0.2, 0) is 0 Å². The van der Waals surface area contributed by atoms with Crippen LogP contribution in [-0.4, -0.2) is 64.7 Å². The third-order valence-corrected chi connectivity index (χ3v) is 4.14. The van der Waals surface area contributed by atoms with Crippen molar-refractivity contribution in [3.8, 4) is 0 Å². The van der Waals surface area contributed by atoms with E-state index in [9.17, 15) is 4.79 Å². The van der Waals surface area contributed by atoms with E-state index in [0.717, 1.165) is 39.0 Å². The quantitative estimate of drug-likeness (QED) is 0.773. The largest absolute Gasteiger partial charge is 0.465 e. The first-order chi connectivity index (χ1) is 7.27. The molecule has 1 amide bonds. The molecule has 1 N–H and O–H groups in total. The van der Waals surface area contributed by atoms with Gasteiger partial charge in [-0.25, -0.2) is 4.79 Å². The highest BCUT2D eigenvalue weighted by Gasteiger charge is 2.30. The van der Waals surface area contributed by atoms with Crippen molar-refractivity contribution in [2.24, 2.45) is 0 Å². The van der Waals surface area contributed by atoms with Crippen LogP contribution in [0.15, 0.2) is 0 Å². The molecule has 86 valence electrons. The predicted octanol–water partition coefficient (Wildman–Crippen LogP) is 1.18. The first-order valence-corrected chi connectivity index (χ1v) is 6.72. The molecular weight excluding hydrogens is 212 g/mol. The van der Waals surface area contributed by atoms with Gasteiger partial charge >= 0.3 is 6.09 Å². The van der Waals surface area contributed by atoms with Gasteiger partial charge in [0.25, 0.3) is 0 Å².